The van der Waals surface area contributed by atoms with Crippen molar-refractivity contribution in [3.63, 3.8) is 0 Å². The van der Waals surface area contributed by atoms with Gasteiger partial charge in [-0.3, -0.25) is 4.90 Å². The average molecular weight is 348 g/mol. The lowest BCUT2D eigenvalue weighted by Crippen LogP contribution is -2.46. The van der Waals surface area contributed by atoms with E-state index in [0.29, 0.717) is 12.0 Å². The van der Waals surface area contributed by atoms with Crippen molar-refractivity contribution >= 4 is 10.9 Å². The summed E-state index contributed by atoms with van der Waals surface area (Å²) >= 11 is 0. The van der Waals surface area contributed by atoms with Crippen molar-refractivity contribution in [2.75, 3.05) is 33.2 Å². The number of likely N-dealkylation sites (N-methyl/N-ethyl adjacent to an activating group) is 1. The van der Waals surface area contributed by atoms with Crippen LogP contribution in [0.2, 0.25) is 0 Å². The topological polar surface area (TPSA) is 22.3 Å². The highest BCUT2D eigenvalue weighted by Gasteiger charge is 2.27. The van der Waals surface area contributed by atoms with Crippen molar-refractivity contribution in [1.82, 2.24) is 14.8 Å². The first-order chi connectivity index (χ1) is 12.6. The summed E-state index contributed by atoms with van der Waals surface area (Å²) in [7, 11) is 2.22. The summed E-state index contributed by atoms with van der Waals surface area (Å²) in [6.45, 7) is 8.98. The van der Waals surface area contributed by atoms with Gasteiger partial charge in [-0.15, -0.1) is 0 Å². The smallest absolute Gasteiger partial charge is 0.0623 e. The van der Waals surface area contributed by atoms with E-state index in [4.69, 9.17) is 0 Å². The molecule has 0 saturated carbocycles. The molecule has 3 aromatic rings. The van der Waals surface area contributed by atoms with Gasteiger partial charge < -0.3 is 9.88 Å². The van der Waals surface area contributed by atoms with Crippen molar-refractivity contribution < 1.29 is 0 Å². The summed E-state index contributed by atoms with van der Waals surface area (Å²) in [5.41, 5.74) is 5.41. The summed E-state index contributed by atoms with van der Waals surface area (Å²) in [5.74, 6) is 0.569. The molecule has 1 fully saturated rings. The van der Waals surface area contributed by atoms with E-state index in [0.717, 1.165) is 26.2 Å². The second-order valence-electron chi connectivity index (χ2n) is 7.85. The zero-order valence-corrected chi connectivity index (χ0v) is 16.1. The molecule has 1 aliphatic heterocycles. The summed E-state index contributed by atoms with van der Waals surface area (Å²) in [6, 6.07) is 18.2. The number of nitrogens with one attached hydrogen (secondary N) is 1. The number of aromatic nitrogens is 1. The molecule has 2 heterocycles. The number of nitrogens with zero attached hydrogens (tertiary/aromatic N) is 2. The van der Waals surface area contributed by atoms with E-state index in [2.05, 4.69) is 90.4 Å². The van der Waals surface area contributed by atoms with Gasteiger partial charge in [-0.25, -0.2) is 0 Å². The summed E-state index contributed by atoms with van der Waals surface area (Å²) in [6.07, 6.45) is 2.21. The van der Waals surface area contributed by atoms with Gasteiger partial charge in [0.2, 0.25) is 0 Å². The monoisotopic (exact) mass is 347 g/mol. The van der Waals surface area contributed by atoms with Gasteiger partial charge in [0.25, 0.3) is 0 Å². The second kappa shape index (κ2) is 7.26. The van der Waals surface area contributed by atoms with Crippen molar-refractivity contribution in [3.8, 4) is 0 Å². The molecule has 1 N–H and O–H groups in total. The van der Waals surface area contributed by atoms with Gasteiger partial charge in [0.05, 0.1) is 6.04 Å². The lowest BCUT2D eigenvalue weighted by molar-refractivity contribution is 0.128. The fourth-order valence-corrected chi connectivity index (χ4v) is 4.05. The minimum absolute atomic E-state index is 0.307. The Bertz CT molecular complexity index is 855. The number of H-pyrrole nitrogens is 1. The maximum Gasteiger partial charge on any atom is 0.0623 e. The first kappa shape index (κ1) is 17.3. The van der Waals surface area contributed by atoms with Crippen molar-refractivity contribution in [3.05, 3.63) is 71.4 Å². The number of benzene rings is 2. The second-order valence-corrected chi connectivity index (χ2v) is 7.85. The Labute approximate surface area is 156 Å². The highest BCUT2D eigenvalue weighted by atomic mass is 15.3. The summed E-state index contributed by atoms with van der Waals surface area (Å²) < 4.78 is 0. The van der Waals surface area contributed by atoms with Crippen LogP contribution in [-0.4, -0.2) is 48.0 Å². The molecule has 0 amide bonds. The molecule has 2 aromatic carbocycles. The molecule has 1 aromatic heterocycles. The van der Waals surface area contributed by atoms with Crippen molar-refractivity contribution in [1.29, 1.82) is 0 Å². The third-order valence-corrected chi connectivity index (χ3v) is 5.74. The van der Waals surface area contributed by atoms with Gasteiger partial charge in [0.15, 0.2) is 0 Å². The molecular formula is C23H29N3. The Morgan fingerprint density at radius 1 is 0.846 bits per heavy atom. The number of para-hydroxylation sites is 1. The van der Waals surface area contributed by atoms with E-state index < -0.39 is 0 Å². The number of hydrogen-bond acceptors (Lipinski definition) is 2. The molecule has 3 nitrogen and oxygen atoms in total. The molecule has 3 heteroatoms. The van der Waals surface area contributed by atoms with Crippen LogP contribution in [0.25, 0.3) is 10.9 Å². The Hall–Kier alpha value is -2.10. The maximum atomic E-state index is 3.48. The molecule has 1 unspecified atom stereocenters. The third-order valence-electron chi connectivity index (χ3n) is 5.74. The molecule has 1 aliphatic rings. The Kier molecular flexibility index (Phi) is 4.84. The van der Waals surface area contributed by atoms with Gasteiger partial charge in [0, 0.05) is 43.3 Å². The molecule has 26 heavy (non-hydrogen) atoms. The zero-order valence-electron chi connectivity index (χ0n) is 16.1. The Morgan fingerprint density at radius 3 is 2.19 bits per heavy atom. The molecule has 1 atom stereocenters. The van der Waals surface area contributed by atoms with Gasteiger partial charge in [0.1, 0.15) is 0 Å². The van der Waals surface area contributed by atoms with Crippen LogP contribution in [-0.2, 0) is 0 Å². The van der Waals surface area contributed by atoms with Crippen LogP contribution in [0.3, 0.4) is 0 Å². The molecule has 0 spiro atoms. The average Bonchev–Trinajstić information content (AvgIpc) is 3.08. The minimum atomic E-state index is 0.307. The number of aromatic amines is 1. The van der Waals surface area contributed by atoms with E-state index in [1.54, 1.807) is 0 Å². The zero-order chi connectivity index (χ0) is 18.1. The highest BCUT2D eigenvalue weighted by Crippen LogP contribution is 2.34. The Balaban J connectivity index is 1.76. The number of rotatable bonds is 4. The molecule has 136 valence electrons. The molecular weight excluding hydrogens is 318 g/mol. The normalized spacial score (nSPS) is 17.8. The lowest BCUT2D eigenvalue weighted by Gasteiger charge is -2.38. The standard InChI is InChI=1S/C23H29N3/c1-17(2)18-8-10-19(11-9-18)23(26-14-12-25(3)13-15-26)21-16-24-22-7-5-4-6-20(21)22/h4-11,16-17,23-24H,12-15H2,1-3H3. The Morgan fingerprint density at radius 2 is 1.50 bits per heavy atom. The van der Waals surface area contributed by atoms with Crippen LogP contribution >= 0.6 is 0 Å². The predicted octanol–water partition coefficient (Wildman–Crippen LogP) is 4.63. The summed E-state index contributed by atoms with van der Waals surface area (Å²) in [4.78, 5) is 8.54. The molecule has 4 rings (SSSR count). The fourth-order valence-electron chi connectivity index (χ4n) is 4.05. The SMILES string of the molecule is CC(C)c1ccc(C(c2c[nH]c3ccccc23)N2CCN(C)CC2)cc1. The van der Waals surface area contributed by atoms with Crippen molar-refractivity contribution in [2.45, 2.75) is 25.8 Å². The van der Waals surface area contributed by atoms with Gasteiger partial charge in [-0.2, -0.15) is 0 Å². The highest BCUT2D eigenvalue weighted by molar-refractivity contribution is 5.84. The van der Waals surface area contributed by atoms with Gasteiger partial charge >= 0.3 is 0 Å². The van der Waals surface area contributed by atoms with Gasteiger partial charge in [-0.1, -0.05) is 56.3 Å². The first-order valence-electron chi connectivity index (χ1n) is 9.72. The van der Waals surface area contributed by atoms with Crippen LogP contribution in [0.1, 0.15) is 42.5 Å². The third kappa shape index (κ3) is 3.29. The largest absolute Gasteiger partial charge is 0.361 e. The molecule has 1 saturated heterocycles. The van der Waals surface area contributed by atoms with E-state index in [1.165, 1.54) is 27.6 Å². The van der Waals surface area contributed by atoms with Gasteiger partial charge in [-0.05, 0) is 35.7 Å². The van der Waals surface area contributed by atoms with Crippen LogP contribution in [0.4, 0.5) is 0 Å². The van der Waals surface area contributed by atoms with E-state index in [-0.39, 0.29) is 0 Å². The number of hydrogen-bond donors (Lipinski definition) is 1. The first-order valence-corrected chi connectivity index (χ1v) is 9.72. The van der Waals surface area contributed by atoms with E-state index in [9.17, 15) is 0 Å². The number of piperazine rings is 1. The molecule has 0 radical (unpaired) electrons. The van der Waals surface area contributed by atoms with Crippen LogP contribution in [0.5, 0.6) is 0 Å². The maximum absolute atomic E-state index is 3.48. The lowest BCUT2D eigenvalue weighted by atomic mass is 9.93. The van der Waals surface area contributed by atoms with Crippen LogP contribution in [0.15, 0.2) is 54.7 Å². The van der Waals surface area contributed by atoms with E-state index in [1.807, 2.05) is 0 Å². The minimum Gasteiger partial charge on any atom is -0.361 e. The van der Waals surface area contributed by atoms with Crippen LogP contribution in [0, 0.1) is 0 Å². The summed E-state index contributed by atoms with van der Waals surface area (Å²) in [5, 5.41) is 1.34. The van der Waals surface area contributed by atoms with Crippen molar-refractivity contribution in [2.24, 2.45) is 0 Å². The number of fused-ring (bicyclic) bond motifs is 1. The molecule has 0 aliphatic carbocycles. The van der Waals surface area contributed by atoms with Crippen LogP contribution < -0.4 is 0 Å². The fraction of sp³-hybridized carbons (Fsp3) is 0.391. The predicted molar refractivity (Wildman–Crippen MR) is 110 cm³/mol. The molecule has 0 bridgehead atoms. The van der Waals surface area contributed by atoms with E-state index >= 15 is 0 Å². The quantitative estimate of drug-likeness (QED) is 0.743.